The van der Waals surface area contributed by atoms with Crippen molar-refractivity contribution in [3.8, 4) is 0 Å². The Hall–Kier alpha value is -2.33. The Labute approximate surface area is 154 Å². The van der Waals surface area contributed by atoms with Gasteiger partial charge in [0.2, 0.25) is 5.91 Å². The predicted octanol–water partition coefficient (Wildman–Crippen LogP) is 0.219. The number of fused-ring (bicyclic) bond motifs is 1. The summed E-state index contributed by atoms with van der Waals surface area (Å²) in [5.41, 5.74) is 0.504. The highest BCUT2D eigenvalue weighted by Crippen LogP contribution is 2.40. The molecule has 1 unspecified atom stereocenters. The lowest BCUT2D eigenvalue weighted by Gasteiger charge is -2.49. The minimum Gasteiger partial charge on any atom is -0.477 e. The van der Waals surface area contributed by atoms with Crippen LogP contribution in [0.15, 0.2) is 46.5 Å². The van der Waals surface area contributed by atoms with E-state index in [9.17, 15) is 27.9 Å². The van der Waals surface area contributed by atoms with Crippen molar-refractivity contribution < 1.29 is 27.9 Å². The molecule has 2 heterocycles. The normalized spacial score (nSPS) is 22.5. The second kappa shape index (κ2) is 6.76. The van der Waals surface area contributed by atoms with E-state index < -0.39 is 44.8 Å². The monoisotopic (exact) mass is 396 g/mol. The molecule has 1 aromatic rings. The summed E-state index contributed by atoms with van der Waals surface area (Å²) < 4.78 is 24.5. The number of hydrogen-bond acceptors (Lipinski definition) is 6. The first-order valence-corrected chi connectivity index (χ1v) is 10.4. The summed E-state index contributed by atoms with van der Waals surface area (Å²) in [7, 11) is -3.82. The molecule has 2 aliphatic heterocycles. The number of β-lactam (4-membered cyclic amide) rings is 1. The minimum atomic E-state index is -3.82. The predicted molar refractivity (Wildman–Crippen MR) is 93.9 cm³/mol. The second-order valence-corrected chi connectivity index (χ2v) is 9.06. The Morgan fingerprint density at radius 3 is 2.58 bits per heavy atom. The number of aliphatic carboxylic acids is 1. The number of carboxylic acids is 1. The van der Waals surface area contributed by atoms with E-state index in [1.165, 1.54) is 23.9 Å². The van der Waals surface area contributed by atoms with Crippen LogP contribution in [0, 0.1) is 0 Å². The molecule has 0 aliphatic carbocycles. The Morgan fingerprint density at radius 1 is 1.31 bits per heavy atom. The summed E-state index contributed by atoms with van der Waals surface area (Å²) in [6, 6.07) is 6.63. The molecule has 2 N–H and O–H groups in total. The summed E-state index contributed by atoms with van der Waals surface area (Å²) in [4.78, 5) is 36.9. The number of nitrogens with zero attached hydrogens (tertiary/aromatic N) is 1. The van der Waals surface area contributed by atoms with Crippen molar-refractivity contribution in [2.75, 3.05) is 11.5 Å². The van der Waals surface area contributed by atoms with Crippen molar-refractivity contribution in [2.45, 2.75) is 23.2 Å². The quantitative estimate of drug-likeness (QED) is 0.683. The summed E-state index contributed by atoms with van der Waals surface area (Å²) in [5.74, 6) is -2.90. The molecule has 0 radical (unpaired) electrons. The van der Waals surface area contributed by atoms with Gasteiger partial charge in [0, 0.05) is 5.75 Å². The Bertz CT molecular complexity index is 910. The largest absolute Gasteiger partial charge is 0.477 e. The van der Waals surface area contributed by atoms with E-state index in [0.29, 0.717) is 11.3 Å². The first-order valence-electron chi connectivity index (χ1n) is 7.67. The molecule has 0 saturated carbocycles. The van der Waals surface area contributed by atoms with E-state index in [2.05, 4.69) is 5.32 Å². The lowest BCUT2D eigenvalue weighted by Crippen LogP contribution is -2.70. The number of amides is 2. The molecule has 10 heteroatoms. The highest BCUT2D eigenvalue weighted by Gasteiger charge is 2.53. The molecule has 26 heavy (non-hydrogen) atoms. The van der Waals surface area contributed by atoms with E-state index in [0.717, 1.165) is 4.90 Å². The summed E-state index contributed by atoms with van der Waals surface area (Å²) in [6.07, 6.45) is 0. The van der Waals surface area contributed by atoms with Gasteiger partial charge in [0.15, 0.2) is 9.84 Å². The van der Waals surface area contributed by atoms with Gasteiger partial charge in [-0.05, 0) is 24.6 Å². The lowest BCUT2D eigenvalue weighted by molar-refractivity contribution is -0.150. The summed E-state index contributed by atoms with van der Waals surface area (Å²) in [6.45, 7) is 1.64. The van der Waals surface area contributed by atoms with Gasteiger partial charge in [-0.2, -0.15) is 0 Å². The number of benzene rings is 1. The molecule has 138 valence electrons. The van der Waals surface area contributed by atoms with Crippen LogP contribution in [0.5, 0.6) is 0 Å². The molecule has 8 nitrogen and oxygen atoms in total. The number of carboxylic acid groups (broad SMARTS) is 1. The number of nitrogens with one attached hydrogen (secondary N) is 1. The van der Waals surface area contributed by atoms with Crippen LogP contribution in [0.4, 0.5) is 0 Å². The topological polar surface area (TPSA) is 121 Å². The second-order valence-electron chi connectivity index (χ2n) is 5.96. The van der Waals surface area contributed by atoms with E-state index in [1.807, 2.05) is 0 Å². The van der Waals surface area contributed by atoms with Crippen LogP contribution in [0.2, 0.25) is 0 Å². The summed E-state index contributed by atoms with van der Waals surface area (Å²) >= 11 is 1.33. The van der Waals surface area contributed by atoms with Crippen LogP contribution in [0.25, 0.3) is 0 Å². The molecule has 0 bridgehead atoms. The van der Waals surface area contributed by atoms with Crippen molar-refractivity contribution in [3.05, 3.63) is 41.6 Å². The van der Waals surface area contributed by atoms with E-state index in [-0.39, 0.29) is 10.6 Å². The number of rotatable bonds is 5. The van der Waals surface area contributed by atoms with Crippen molar-refractivity contribution in [1.29, 1.82) is 0 Å². The van der Waals surface area contributed by atoms with Gasteiger partial charge in [0.1, 0.15) is 22.9 Å². The number of carbonyl (C=O) groups excluding carboxylic acids is 2. The molecule has 0 spiro atoms. The average Bonchev–Trinajstić information content (AvgIpc) is 2.59. The van der Waals surface area contributed by atoms with Crippen LogP contribution in [-0.2, 0) is 24.2 Å². The maximum absolute atomic E-state index is 12.3. The molecule has 3 rings (SSSR count). The third kappa shape index (κ3) is 3.21. The van der Waals surface area contributed by atoms with Crippen LogP contribution in [-0.4, -0.2) is 59.1 Å². The fraction of sp³-hybridized carbons (Fsp3) is 0.312. The summed E-state index contributed by atoms with van der Waals surface area (Å²) in [5, 5.41) is 11.1. The zero-order chi connectivity index (χ0) is 19.1. The maximum atomic E-state index is 12.3. The average molecular weight is 396 g/mol. The molecule has 1 saturated heterocycles. The minimum absolute atomic E-state index is 0.0236. The third-order valence-electron chi connectivity index (χ3n) is 4.10. The Balaban J connectivity index is 1.69. The third-order valence-corrected chi connectivity index (χ3v) is 7.16. The van der Waals surface area contributed by atoms with Crippen LogP contribution in [0.1, 0.15) is 6.92 Å². The van der Waals surface area contributed by atoms with Gasteiger partial charge < -0.3 is 10.4 Å². The number of hydrogen-bond donors (Lipinski definition) is 2. The van der Waals surface area contributed by atoms with Crippen molar-refractivity contribution in [1.82, 2.24) is 10.2 Å². The molecule has 1 aromatic carbocycles. The van der Waals surface area contributed by atoms with Gasteiger partial charge >= 0.3 is 5.97 Å². The van der Waals surface area contributed by atoms with Crippen LogP contribution >= 0.6 is 11.8 Å². The standard InChI is InChI=1S/C16H16N2O6S2/c1-9-7-25-15-12(14(20)18(15)13(9)16(21)22)17-11(19)8-26(23,24)10-5-3-2-4-6-10/h2-6,12,15H,7-8H2,1H3,(H,17,19)(H,21,22)/t12?,15-/m1/s1. The van der Waals surface area contributed by atoms with Crippen molar-refractivity contribution in [3.63, 3.8) is 0 Å². The first kappa shape index (κ1) is 18.5. The fourth-order valence-electron chi connectivity index (χ4n) is 2.87. The van der Waals surface area contributed by atoms with Gasteiger partial charge in [-0.25, -0.2) is 13.2 Å². The highest BCUT2D eigenvalue weighted by atomic mass is 32.2. The van der Waals surface area contributed by atoms with Crippen LogP contribution in [0.3, 0.4) is 0 Å². The number of carbonyl (C=O) groups is 3. The van der Waals surface area contributed by atoms with Gasteiger partial charge in [0.25, 0.3) is 5.91 Å². The maximum Gasteiger partial charge on any atom is 0.352 e. The lowest BCUT2D eigenvalue weighted by atomic mass is 10.0. The highest BCUT2D eigenvalue weighted by molar-refractivity contribution is 8.00. The molecule has 2 aliphatic rings. The Kier molecular flexibility index (Phi) is 4.80. The number of thioether (sulfide) groups is 1. The molecular formula is C16H16N2O6S2. The van der Waals surface area contributed by atoms with Gasteiger partial charge in [0.05, 0.1) is 4.90 Å². The molecule has 2 amide bonds. The van der Waals surface area contributed by atoms with E-state index >= 15 is 0 Å². The van der Waals surface area contributed by atoms with E-state index in [4.69, 9.17) is 0 Å². The first-order chi connectivity index (χ1) is 12.2. The molecular weight excluding hydrogens is 380 g/mol. The SMILES string of the molecule is CC1=C(C(=O)O)N2C(=O)C(NC(=O)CS(=O)(=O)c3ccccc3)[C@H]2SC1. The van der Waals surface area contributed by atoms with Gasteiger partial charge in [-0.15, -0.1) is 11.8 Å². The Morgan fingerprint density at radius 2 is 1.96 bits per heavy atom. The number of sulfone groups is 1. The molecule has 2 atom stereocenters. The van der Waals surface area contributed by atoms with Gasteiger partial charge in [-0.1, -0.05) is 18.2 Å². The fourth-order valence-corrected chi connectivity index (χ4v) is 5.33. The van der Waals surface area contributed by atoms with Crippen LogP contribution < -0.4 is 5.32 Å². The zero-order valence-electron chi connectivity index (χ0n) is 13.7. The van der Waals surface area contributed by atoms with Crippen molar-refractivity contribution >= 4 is 39.4 Å². The van der Waals surface area contributed by atoms with Gasteiger partial charge in [-0.3, -0.25) is 14.5 Å². The molecule has 1 fully saturated rings. The molecule has 0 aromatic heterocycles. The van der Waals surface area contributed by atoms with E-state index in [1.54, 1.807) is 25.1 Å². The zero-order valence-corrected chi connectivity index (χ0v) is 15.3. The van der Waals surface area contributed by atoms with Crippen molar-refractivity contribution in [2.24, 2.45) is 0 Å². The smallest absolute Gasteiger partial charge is 0.352 e.